The van der Waals surface area contributed by atoms with E-state index in [9.17, 15) is 9.59 Å². The van der Waals surface area contributed by atoms with E-state index in [0.717, 1.165) is 0 Å². The number of carbonyl (C=O) groups excluding carboxylic acids is 1. The Morgan fingerprint density at radius 3 is 2.64 bits per heavy atom. The highest BCUT2D eigenvalue weighted by atomic mass is 35.5. The van der Waals surface area contributed by atoms with Crippen LogP contribution in [0.1, 0.15) is 17.3 Å². The predicted octanol–water partition coefficient (Wildman–Crippen LogP) is 4.72. The van der Waals surface area contributed by atoms with Gasteiger partial charge in [0, 0.05) is 16.5 Å². The van der Waals surface area contributed by atoms with E-state index in [1.54, 1.807) is 18.2 Å². The Morgan fingerprint density at radius 2 is 1.92 bits per heavy atom. The lowest BCUT2D eigenvalue weighted by molar-refractivity contribution is 0.0730. The molecule has 0 spiro atoms. The highest BCUT2D eigenvalue weighted by Gasteiger charge is 2.18. The maximum Gasteiger partial charge on any atom is 0.351 e. The third-order valence-electron chi connectivity index (χ3n) is 3.33. The molecule has 7 heteroatoms. The average molecular weight is 379 g/mol. The summed E-state index contributed by atoms with van der Waals surface area (Å²) in [4.78, 5) is 24.4. The number of carbonyl (C=O) groups is 1. The Bertz CT molecular complexity index is 1010. The first-order valence-corrected chi connectivity index (χ1v) is 8.11. The molecule has 2 aromatic carbocycles. The van der Waals surface area contributed by atoms with Crippen molar-refractivity contribution in [2.75, 3.05) is 6.61 Å². The molecule has 25 heavy (non-hydrogen) atoms. The monoisotopic (exact) mass is 378 g/mol. The fourth-order valence-electron chi connectivity index (χ4n) is 2.20. The normalized spacial score (nSPS) is 10.7. The molecule has 0 aliphatic heterocycles. The Kier molecular flexibility index (Phi) is 4.97. The number of hydrogen-bond donors (Lipinski definition) is 0. The first-order valence-electron chi connectivity index (χ1n) is 7.36. The summed E-state index contributed by atoms with van der Waals surface area (Å²) in [5.41, 5.74) is -0.726. The van der Waals surface area contributed by atoms with E-state index in [1.165, 1.54) is 24.3 Å². The fourth-order valence-corrected chi connectivity index (χ4v) is 2.65. The second-order valence-corrected chi connectivity index (χ2v) is 5.89. The molecule has 0 N–H and O–H groups in total. The summed E-state index contributed by atoms with van der Waals surface area (Å²) in [5, 5.41) is 1.13. The lowest BCUT2D eigenvalue weighted by atomic mass is 10.2. The van der Waals surface area contributed by atoms with Crippen LogP contribution in [0.4, 0.5) is 0 Å². The summed E-state index contributed by atoms with van der Waals surface area (Å²) in [6.45, 7) is 2.34. The van der Waals surface area contributed by atoms with Crippen LogP contribution in [0.3, 0.4) is 0 Å². The molecule has 5 nitrogen and oxygen atoms in total. The van der Waals surface area contributed by atoms with Crippen LogP contribution in [0.2, 0.25) is 10.0 Å². The summed E-state index contributed by atoms with van der Waals surface area (Å²) in [7, 11) is 0. The van der Waals surface area contributed by atoms with Gasteiger partial charge >= 0.3 is 11.6 Å². The van der Waals surface area contributed by atoms with E-state index < -0.39 is 11.6 Å². The Balaban J connectivity index is 1.94. The summed E-state index contributed by atoms with van der Waals surface area (Å²) >= 11 is 11.8. The van der Waals surface area contributed by atoms with Crippen molar-refractivity contribution in [1.82, 2.24) is 0 Å². The van der Waals surface area contributed by atoms with Gasteiger partial charge in [-0.25, -0.2) is 9.59 Å². The molecule has 0 bridgehead atoms. The van der Waals surface area contributed by atoms with Crippen molar-refractivity contribution >= 4 is 40.1 Å². The van der Waals surface area contributed by atoms with Gasteiger partial charge < -0.3 is 13.9 Å². The molecule has 0 atom stereocenters. The van der Waals surface area contributed by atoms with Gasteiger partial charge in [0.25, 0.3) is 0 Å². The highest BCUT2D eigenvalue weighted by Crippen LogP contribution is 2.28. The Labute approximate surface area is 152 Å². The molecule has 3 rings (SSSR count). The molecular weight excluding hydrogens is 367 g/mol. The van der Waals surface area contributed by atoms with E-state index in [2.05, 4.69) is 0 Å². The topological polar surface area (TPSA) is 65.7 Å². The zero-order valence-electron chi connectivity index (χ0n) is 13.0. The number of benzene rings is 2. The van der Waals surface area contributed by atoms with Gasteiger partial charge in [-0.1, -0.05) is 23.2 Å². The lowest BCUT2D eigenvalue weighted by Crippen LogP contribution is -2.18. The third kappa shape index (κ3) is 3.78. The standard InChI is InChI=1S/C18H12Cl2O5/c1-2-23-12-5-3-10-7-13(18(22)25-16(10)9-12)17(21)24-15-6-4-11(19)8-14(15)20/h3-9H,2H2,1H3. The molecule has 3 aromatic rings. The lowest BCUT2D eigenvalue weighted by Gasteiger charge is -2.07. The minimum Gasteiger partial charge on any atom is -0.494 e. The molecule has 0 aliphatic carbocycles. The molecule has 0 saturated heterocycles. The summed E-state index contributed by atoms with van der Waals surface area (Å²) in [5.74, 6) is -0.197. The van der Waals surface area contributed by atoms with Crippen LogP contribution in [-0.2, 0) is 0 Å². The number of hydrogen-bond acceptors (Lipinski definition) is 5. The zero-order valence-corrected chi connectivity index (χ0v) is 14.6. The zero-order chi connectivity index (χ0) is 18.0. The maximum atomic E-state index is 12.3. The average Bonchev–Trinajstić information content (AvgIpc) is 2.57. The number of fused-ring (bicyclic) bond motifs is 1. The molecular formula is C18H12Cl2O5. The SMILES string of the molecule is CCOc1ccc2cc(C(=O)Oc3ccc(Cl)cc3Cl)c(=O)oc2c1. The van der Waals surface area contributed by atoms with Crippen LogP contribution < -0.4 is 15.1 Å². The van der Waals surface area contributed by atoms with Crippen molar-refractivity contribution in [2.45, 2.75) is 6.92 Å². The number of esters is 1. The molecule has 0 amide bonds. The van der Waals surface area contributed by atoms with Gasteiger partial charge in [-0.05, 0) is 43.3 Å². The minimum atomic E-state index is -0.867. The van der Waals surface area contributed by atoms with Gasteiger partial charge in [0.05, 0.1) is 11.6 Å². The quantitative estimate of drug-likeness (QED) is 0.373. The Hall–Kier alpha value is -2.50. The van der Waals surface area contributed by atoms with Crippen molar-refractivity contribution in [3.05, 3.63) is 68.5 Å². The van der Waals surface area contributed by atoms with Crippen LogP contribution >= 0.6 is 23.2 Å². The second kappa shape index (κ2) is 7.17. The molecule has 0 saturated carbocycles. The smallest absolute Gasteiger partial charge is 0.351 e. The van der Waals surface area contributed by atoms with Gasteiger partial charge in [-0.3, -0.25) is 0 Å². The van der Waals surface area contributed by atoms with Crippen LogP contribution in [-0.4, -0.2) is 12.6 Å². The van der Waals surface area contributed by atoms with Gasteiger partial charge in [0.15, 0.2) is 0 Å². The fraction of sp³-hybridized carbons (Fsp3) is 0.111. The van der Waals surface area contributed by atoms with Crippen LogP contribution in [0.25, 0.3) is 11.0 Å². The molecule has 0 radical (unpaired) electrons. The number of rotatable bonds is 4. The van der Waals surface area contributed by atoms with Crippen molar-refractivity contribution in [2.24, 2.45) is 0 Å². The van der Waals surface area contributed by atoms with Gasteiger partial charge in [0.1, 0.15) is 22.6 Å². The minimum absolute atomic E-state index is 0.0993. The Morgan fingerprint density at radius 1 is 1.12 bits per heavy atom. The molecule has 1 aromatic heterocycles. The molecule has 128 valence electrons. The first kappa shape index (κ1) is 17.3. The third-order valence-corrected chi connectivity index (χ3v) is 3.87. The van der Waals surface area contributed by atoms with E-state index in [-0.39, 0.29) is 16.3 Å². The largest absolute Gasteiger partial charge is 0.494 e. The molecule has 0 unspecified atom stereocenters. The number of halogens is 2. The van der Waals surface area contributed by atoms with Crippen molar-refractivity contribution in [3.8, 4) is 11.5 Å². The van der Waals surface area contributed by atoms with E-state index in [1.807, 2.05) is 6.92 Å². The molecule has 0 fully saturated rings. The van der Waals surface area contributed by atoms with Crippen molar-refractivity contribution in [3.63, 3.8) is 0 Å². The van der Waals surface area contributed by atoms with E-state index >= 15 is 0 Å². The highest BCUT2D eigenvalue weighted by molar-refractivity contribution is 6.35. The maximum absolute atomic E-state index is 12.3. The molecule has 0 aliphatic rings. The van der Waals surface area contributed by atoms with Crippen LogP contribution in [0, 0.1) is 0 Å². The first-order chi connectivity index (χ1) is 12.0. The molecule has 1 heterocycles. The van der Waals surface area contributed by atoms with E-state index in [0.29, 0.717) is 28.3 Å². The van der Waals surface area contributed by atoms with Gasteiger partial charge in [0.2, 0.25) is 0 Å². The summed E-state index contributed by atoms with van der Waals surface area (Å²) < 4.78 is 15.7. The van der Waals surface area contributed by atoms with Gasteiger partial charge in [-0.15, -0.1) is 0 Å². The van der Waals surface area contributed by atoms with Crippen molar-refractivity contribution < 1.29 is 18.7 Å². The second-order valence-electron chi connectivity index (χ2n) is 5.04. The van der Waals surface area contributed by atoms with E-state index in [4.69, 9.17) is 37.1 Å². The predicted molar refractivity (Wildman–Crippen MR) is 95.1 cm³/mol. The van der Waals surface area contributed by atoms with Gasteiger partial charge in [-0.2, -0.15) is 0 Å². The van der Waals surface area contributed by atoms with Crippen LogP contribution in [0.15, 0.2) is 51.7 Å². The van der Waals surface area contributed by atoms with Crippen molar-refractivity contribution in [1.29, 1.82) is 0 Å². The van der Waals surface area contributed by atoms with Crippen LogP contribution in [0.5, 0.6) is 11.5 Å². The number of ether oxygens (including phenoxy) is 2. The summed E-state index contributed by atoms with van der Waals surface area (Å²) in [6, 6.07) is 10.8. The summed E-state index contributed by atoms with van der Waals surface area (Å²) in [6.07, 6.45) is 0.